The average Bonchev–Trinajstić information content (AvgIpc) is 2.26. The van der Waals surface area contributed by atoms with Gasteiger partial charge in [0.2, 0.25) is 0 Å². The Morgan fingerprint density at radius 2 is 1.88 bits per heavy atom. The summed E-state index contributed by atoms with van der Waals surface area (Å²) in [6.45, 7) is 0.723. The quantitative estimate of drug-likeness (QED) is 0.476. The Balaban J connectivity index is 2.76. The van der Waals surface area contributed by atoms with Gasteiger partial charge in [-0.05, 0) is 12.8 Å². The molecule has 0 heterocycles. The lowest BCUT2D eigenvalue weighted by Gasteiger charge is -2.09. The summed E-state index contributed by atoms with van der Waals surface area (Å²) in [6.07, 6.45) is 1.44. The highest BCUT2D eigenvalue weighted by Gasteiger charge is 2.13. The van der Waals surface area contributed by atoms with Crippen molar-refractivity contribution in [1.29, 1.82) is 0 Å². The van der Waals surface area contributed by atoms with Crippen LogP contribution in [0, 0.1) is 10.1 Å². The minimum atomic E-state index is -0.548. The first-order valence-electron chi connectivity index (χ1n) is 5.04. The number of nitro groups is 1. The predicted octanol–water partition coefficient (Wildman–Crippen LogP) is 3.09. The molecule has 17 heavy (non-hydrogen) atoms. The first-order valence-corrected chi connectivity index (χ1v) is 5.80. The molecule has 0 fully saturated rings. The van der Waals surface area contributed by atoms with Crippen LogP contribution in [0.3, 0.4) is 0 Å². The van der Waals surface area contributed by atoms with Gasteiger partial charge in [0.25, 0.3) is 5.69 Å². The van der Waals surface area contributed by atoms with Crippen LogP contribution in [-0.4, -0.2) is 23.2 Å². The number of aliphatic hydroxyl groups is 1. The molecule has 0 unspecified atom stereocenters. The fourth-order valence-electron chi connectivity index (χ4n) is 1.28. The Morgan fingerprint density at radius 1 is 1.29 bits per heavy atom. The summed E-state index contributed by atoms with van der Waals surface area (Å²) < 4.78 is 0. The molecule has 0 saturated heterocycles. The van der Waals surface area contributed by atoms with E-state index in [9.17, 15) is 10.1 Å². The topological polar surface area (TPSA) is 75.4 Å². The van der Waals surface area contributed by atoms with Crippen LogP contribution in [0.2, 0.25) is 10.0 Å². The molecule has 0 aliphatic rings. The lowest BCUT2D eigenvalue weighted by molar-refractivity contribution is -0.384. The van der Waals surface area contributed by atoms with E-state index in [1.54, 1.807) is 0 Å². The summed E-state index contributed by atoms with van der Waals surface area (Å²) in [7, 11) is 0. The van der Waals surface area contributed by atoms with Crippen LogP contribution in [0.5, 0.6) is 0 Å². The monoisotopic (exact) mass is 278 g/mol. The standard InChI is InChI=1S/C10H12Cl2N2O3/c11-8-5-7(14(16)17)6-9(12)10(8)13-3-1-2-4-15/h5-6,13,15H,1-4H2. The summed E-state index contributed by atoms with van der Waals surface area (Å²) in [5, 5.41) is 22.6. The highest BCUT2D eigenvalue weighted by atomic mass is 35.5. The number of aliphatic hydroxyl groups excluding tert-OH is 1. The number of unbranched alkanes of at least 4 members (excludes halogenated alkanes) is 1. The van der Waals surface area contributed by atoms with Crippen LogP contribution in [0.4, 0.5) is 11.4 Å². The molecule has 0 bridgehead atoms. The second-order valence-corrected chi connectivity index (χ2v) is 4.21. The molecule has 0 spiro atoms. The molecule has 7 heteroatoms. The Bertz CT molecular complexity index is 390. The zero-order valence-electron chi connectivity index (χ0n) is 8.95. The number of halogens is 2. The zero-order valence-corrected chi connectivity index (χ0v) is 10.5. The van der Waals surface area contributed by atoms with E-state index in [-0.39, 0.29) is 22.3 Å². The number of benzene rings is 1. The van der Waals surface area contributed by atoms with Crippen molar-refractivity contribution in [2.75, 3.05) is 18.5 Å². The van der Waals surface area contributed by atoms with Gasteiger partial charge in [-0.25, -0.2) is 0 Å². The molecule has 0 aromatic heterocycles. The molecule has 1 rings (SSSR count). The Labute approximate surface area is 108 Å². The molecule has 2 N–H and O–H groups in total. The average molecular weight is 279 g/mol. The molecule has 0 aliphatic heterocycles. The highest BCUT2D eigenvalue weighted by molar-refractivity contribution is 6.39. The van der Waals surface area contributed by atoms with Crippen molar-refractivity contribution in [2.45, 2.75) is 12.8 Å². The lowest BCUT2D eigenvalue weighted by atomic mass is 10.2. The maximum absolute atomic E-state index is 10.6. The van der Waals surface area contributed by atoms with E-state index < -0.39 is 4.92 Å². The maximum Gasteiger partial charge on any atom is 0.272 e. The molecule has 0 saturated carbocycles. The number of rotatable bonds is 6. The van der Waals surface area contributed by atoms with Crippen LogP contribution < -0.4 is 5.32 Å². The molecule has 0 radical (unpaired) electrons. The number of anilines is 1. The Kier molecular flexibility index (Phi) is 5.47. The summed E-state index contributed by atoms with van der Waals surface area (Å²) in [5.41, 5.74) is 0.345. The molecule has 0 atom stereocenters. The van der Waals surface area contributed by atoms with Crippen molar-refractivity contribution < 1.29 is 10.0 Å². The van der Waals surface area contributed by atoms with Crippen molar-refractivity contribution >= 4 is 34.6 Å². The van der Waals surface area contributed by atoms with Crippen LogP contribution in [0.1, 0.15) is 12.8 Å². The van der Waals surface area contributed by atoms with E-state index in [1.807, 2.05) is 0 Å². The molecule has 1 aromatic carbocycles. The van der Waals surface area contributed by atoms with Crippen LogP contribution in [-0.2, 0) is 0 Å². The second-order valence-electron chi connectivity index (χ2n) is 3.40. The first-order chi connectivity index (χ1) is 8.06. The third-order valence-electron chi connectivity index (χ3n) is 2.12. The van der Waals surface area contributed by atoms with Crippen LogP contribution in [0.15, 0.2) is 12.1 Å². The summed E-state index contributed by atoms with van der Waals surface area (Å²) in [6, 6.07) is 2.50. The smallest absolute Gasteiger partial charge is 0.272 e. The Hall–Kier alpha value is -1.04. The van der Waals surface area contributed by atoms with E-state index in [1.165, 1.54) is 12.1 Å². The van der Waals surface area contributed by atoms with Gasteiger partial charge in [-0.1, -0.05) is 23.2 Å². The van der Waals surface area contributed by atoms with Gasteiger partial charge in [-0.2, -0.15) is 0 Å². The third-order valence-corrected chi connectivity index (χ3v) is 2.72. The SMILES string of the molecule is O=[N+]([O-])c1cc(Cl)c(NCCCCO)c(Cl)c1. The van der Waals surface area contributed by atoms with Crippen molar-refractivity contribution in [2.24, 2.45) is 0 Å². The zero-order chi connectivity index (χ0) is 12.8. The fourth-order valence-corrected chi connectivity index (χ4v) is 1.89. The van der Waals surface area contributed by atoms with E-state index in [2.05, 4.69) is 5.32 Å². The minimum absolute atomic E-state index is 0.128. The normalized spacial score (nSPS) is 10.3. The molecule has 5 nitrogen and oxygen atoms in total. The molecule has 0 amide bonds. The van der Waals surface area contributed by atoms with Gasteiger partial charge in [-0.15, -0.1) is 0 Å². The molecular weight excluding hydrogens is 267 g/mol. The maximum atomic E-state index is 10.6. The van der Waals surface area contributed by atoms with Gasteiger partial charge in [0.15, 0.2) is 0 Å². The first kappa shape index (κ1) is 14.0. The van der Waals surface area contributed by atoms with Crippen LogP contribution >= 0.6 is 23.2 Å². The number of nitrogens with one attached hydrogen (secondary N) is 1. The largest absolute Gasteiger partial charge is 0.396 e. The summed E-state index contributed by atoms with van der Waals surface area (Å²) in [5.74, 6) is 0. The van der Waals surface area contributed by atoms with Gasteiger partial charge in [0.1, 0.15) is 0 Å². The lowest BCUT2D eigenvalue weighted by Crippen LogP contribution is -2.04. The van der Waals surface area contributed by atoms with Gasteiger partial charge in [0.05, 0.1) is 20.7 Å². The number of nitrogens with zero attached hydrogens (tertiary/aromatic N) is 1. The van der Waals surface area contributed by atoms with Crippen molar-refractivity contribution in [3.8, 4) is 0 Å². The molecule has 1 aromatic rings. The van der Waals surface area contributed by atoms with Gasteiger partial charge in [0, 0.05) is 25.3 Å². The van der Waals surface area contributed by atoms with E-state index >= 15 is 0 Å². The second kappa shape index (κ2) is 6.64. The number of non-ortho nitro benzene ring substituents is 1. The van der Waals surface area contributed by atoms with Crippen LogP contribution in [0.25, 0.3) is 0 Å². The van der Waals surface area contributed by atoms with Gasteiger partial charge < -0.3 is 10.4 Å². The number of hydrogen-bond donors (Lipinski definition) is 2. The van der Waals surface area contributed by atoms with Gasteiger partial charge >= 0.3 is 0 Å². The summed E-state index contributed by atoms with van der Waals surface area (Å²) >= 11 is 11.8. The van der Waals surface area contributed by atoms with Gasteiger partial charge in [-0.3, -0.25) is 10.1 Å². The molecule has 0 aliphatic carbocycles. The predicted molar refractivity (Wildman–Crippen MR) is 67.9 cm³/mol. The minimum Gasteiger partial charge on any atom is -0.396 e. The third kappa shape index (κ3) is 4.03. The molecular formula is C10H12Cl2N2O3. The Morgan fingerprint density at radius 3 is 2.35 bits per heavy atom. The number of hydrogen-bond acceptors (Lipinski definition) is 4. The fraction of sp³-hybridized carbons (Fsp3) is 0.400. The highest BCUT2D eigenvalue weighted by Crippen LogP contribution is 2.34. The number of nitro benzene ring substituents is 1. The van der Waals surface area contributed by atoms with Crippen molar-refractivity contribution in [1.82, 2.24) is 0 Å². The molecule has 94 valence electrons. The van der Waals surface area contributed by atoms with E-state index in [0.29, 0.717) is 18.7 Å². The van der Waals surface area contributed by atoms with Crippen molar-refractivity contribution in [3.05, 3.63) is 32.3 Å². The van der Waals surface area contributed by atoms with E-state index in [0.717, 1.165) is 6.42 Å². The van der Waals surface area contributed by atoms with E-state index in [4.69, 9.17) is 28.3 Å². The summed E-state index contributed by atoms with van der Waals surface area (Å²) in [4.78, 5) is 10.0. The van der Waals surface area contributed by atoms with Crippen molar-refractivity contribution in [3.63, 3.8) is 0 Å².